The molecule has 0 radical (unpaired) electrons. The van der Waals surface area contributed by atoms with Gasteiger partial charge in [-0.2, -0.15) is 0 Å². The summed E-state index contributed by atoms with van der Waals surface area (Å²) in [4.78, 5) is 12.4. The summed E-state index contributed by atoms with van der Waals surface area (Å²) in [6.07, 6.45) is 0.459. The van der Waals surface area contributed by atoms with Gasteiger partial charge in [0, 0.05) is 5.75 Å². The number of aromatic nitrogens is 2. The van der Waals surface area contributed by atoms with E-state index in [4.69, 9.17) is 4.74 Å². The zero-order valence-corrected chi connectivity index (χ0v) is 17.0. The van der Waals surface area contributed by atoms with Crippen molar-refractivity contribution < 1.29 is 9.53 Å². The highest BCUT2D eigenvalue weighted by molar-refractivity contribution is 8.01. The topological polar surface area (TPSA) is 64.1 Å². The van der Waals surface area contributed by atoms with Crippen LogP contribution in [0.4, 0.5) is 5.13 Å². The van der Waals surface area contributed by atoms with E-state index >= 15 is 0 Å². The maximum absolute atomic E-state index is 12.4. The summed E-state index contributed by atoms with van der Waals surface area (Å²) in [5, 5.41) is 11.4. The normalized spacial score (nSPS) is 12.2. The Morgan fingerprint density at radius 3 is 2.76 bits per heavy atom. The maximum atomic E-state index is 12.4. The first kappa shape index (κ1) is 19.7. The fraction of sp³-hybridized carbons (Fsp3) is 0.500. The standard InChI is InChI=1S/C18H25N3O2S2/c1-6-9-24-18-21-20-17(25-18)19-16(22)13(5)23-15-10-12(4)7-8-14(15)11(2)3/h7-8,10-11,13H,6,9H2,1-5H3,(H,19,20,22)/t13-/m0/s1. The third-order valence-corrected chi connectivity index (χ3v) is 5.71. The Balaban J connectivity index is 2.01. The van der Waals surface area contributed by atoms with Crippen LogP contribution in [0.3, 0.4) is 0 Å². The van der Waals surface area contributed by atoms with Gasteiger partial charge < -0.3 is 4.74 Å². The molecule has 0 aliphatic rings. The van der Waals surface area contributed by atoms with Gasteiger partial charge in [-0.1, -0.05) is 56.0 Å². The number of rotatable bonds is 8. The van der Waals surface area contributed by atoms with Crippen LogP contribution >= 0.6 is 23.1 Å². The molecule has 1 N–H and O–H groups in total. The van der Waals surface area contributed by atoms with Crippen LogP contribution in [0.1, 0.15) is 51.2 Å². The summed E-state index contributed by atoms with van der Waals surface area (Å²) in [6.45, 7) is 10.1. The summed E-state index contributed by atoms with van der Waals surface area (Å²) in [7, 11) is 0. The molecule has 1 aromatic heterocycles. The largest absolute Gasteiger partial charge is 0.481 e. The Hall–Kier alpha value is -1.60. The summed E-state index contributed by atoms with van der Waals surface area (Å²) in [6, 6.07) is 6.09. The van der Waals surface area contributed by atoms with E-state index in [0.29, 0.717) is 11.0 Å². The second-order valence-corrected chi connectivity index (χ2v) is 8.49. The molecule has 1 aromatic carbocycles. The molecule has 136 valence electrons. The lowest BCUT2D eigenvalue weighted by Crippen LogP contribution is -2.30. The number of amides is 1. The van der Waals surface area contributed by atoms with E-state index in [2.05, 4.69) is 48.4 Å². The Morgan fingerprint density at radius 1 is 1.32 bits per heavy atom. The zero-order valence-electron chi connectivity index (χ0n) is 15.3. The average molecular weight is 380 g/mol. The summed E-state index contributed by atoms with van der Waals surface area (Å²) in [5.41, 5.74) is 2.20. The Labute approximate surface area is 157 Å². The van der Waals surface area contributed by atoms with Crippen LogP contribution in [0.5, 0.6) is 5.75 Å². The molecule has 0 bridgehead atoms. The van der Waals surface area contributed by atoms with Crippen LogP contribution in [0, 0.1) is 6.92 Å². The lowest BCUT2D eigenvalue weighted by atomic mass is 10.0. The fourth-order valence-electron chi connectivity index (χ4n) is 2.18. The molecule has 2 aromatic rings. The molecular formula is C18H25N3O2S2. The van der Waals surface area contributed by atoms with Crippen LogP contribution in [0.15, 0.2) is 22.5 Å². The molecule has 1 heterocycles. The minimum atomic E-state index is -0.616. The quantitative estimate of drug-likeness (QED) is 0.523. The van der Waals surface area contributed by atoms with Gasteiger partial charge in [0.15, 0.2) is 10.4 Å². The summed E-state index contributed by atoms with van der Waals surface area (Å²) >= 11 is 3.04. The molecule has 2 rings (SSSR count). The Kier molecular flexibility index (Phi) is 7.25. The van der Waals surface area contributed by atoms with Gasteiger partial charge in [0.2, 0.25) is 5.13 Å². The number of nitrogens with zero attached hydrogens (tertiary/aromatic N) is 2. The predicted molar refractivity (Wildman–Crippen MR) is 105 cm³/mol. The maximum Gasteiger partial charge on any atom is 0.266 e. The molecule has 0 fully saturated rings. The second-order valence-electron chi connectivity index (χ2n) is 6.17. The fourth-order valence-corrected chi connectivity index (χ4v) is 3.86. The monoisotopic (exact) mass is 379 g/mol. The third kappa shape index (κ3) is 5.71. The van der Waals surface area contributed by atoms with Crippen molar-refractivity contribution in [3.8, 4) is 5.75 Å². The van der Waals surface area contributed by atoms with Gasteiger partial charge in [0.1, 0.15) is 5.75 Å². The van der Waals surface area contributed by atoms with Crippen LogP contribution in [0.2, 0.25) is 0 Å². The molecule has 25 heavy (non-hydrogen) atoms. The van der Waals surface area contributed by atoms with Crippen molar-refractivity contribution in [1.82, 2.24) is 10.2 Å². The van der Waals surface area contributed by atoms with E-state index in [9.17, 15) is 4.79 Å². The minimum Gasteiger partial charge on any atom is -0.481 e. The average Bonchev–Trinajstić information content (AvgIpc) is 3.00. The van der Waals surface area contributed by atoms with Crippen molar-refractivity contribution in [1.29, 1.82) is 0 Å². The number of ether oxygens (including phenoxy) is 1. The first-order valence-corrected chi connectivity index (χ1v) is 10.2. The third-order valence-electron chi connectivity index (χ3n) is 3.53. The van der Waals surface area contributed by atoms with Crippen molar-refractivity contribution in [2.24, 2.45) is 0 Å². The van der Waals surface area contributed by atoms with Crippen molar-refractivity contribution in [2.75, 3.05) is 11.1 Å². The molecule has 5 nitrogen and oxygen atoms in total. The zero-order chi connectivity index (χ0) is 18.4. The number of anilines is 1. The van der Waals surface area contributed by atoms with Crippen molar-refractivity contribution in [2.45, 2.75) is 57.4 Å². The molecule has 0 aliphatic carbocycles. The van der Waals surface area contributed by atoms with E-state index < -0.39 is 6.10 Å². The van der Waals surface area contributed by atoms with Gasteiger partial charge in [-0.25, -0.2) is 0 Å². The van der Waals surface area contributed by atoms with E-state index in [0.717, 1.165) is 33.4 Å². The van der Waals surface area contributed by atoms with Crippen molar-refractivity contribution in [3.05, 3.63) is 29.3 Å². The SMILES string of the molecule is CCCSc1nnc(NC(=O)[C@H](C)Oc2cc(C)ccc2C(C)C)s1. The minimum absolute atomic E-state index is 0.223. The molecule has 0 saturated carbocycles. The van der Waals surface area contributed by atoms with E-state index in [1.807, 2.05) is 13.0 Å². The van der Waals surface area contributed by atoms with E-state index in [1.54, 1.807) is 18.7 Å². The van der Waals surface area contributed by atoms with Gasteiger partial charge in [-0.3, -0.25) is 10.1 Å². The molecule has 1 amide bonds. The number of thioether (sulfide) groups is 1. The summed E-state index contributed by atoms with van der Waals surface area (Å²) in [5.74, 6) is 1.86. The smallest absolute Gasteiger partial charge is 0.266 e. The van der Waals surface area contributed by atoms with Crippen LogP contribution in [0.25, 0.3) is 0 Å². The predicted octanol–water partition coefficient (Wildman–Crippen LogP) is 4.88. The highest BCUT2D eigenvalue weighted by atomic mass is 32.2. The number of carbonyl (C=O) groups is 1. The molecule has 0 spiro atoms. The van der Waals surface area contributed by atoms with E-state index in [1.165, 1.54) is 11.3 Å². The summed E-state index contributed by atoms with van der Waals surface area (Å²) < 4.78 is 6.80. The molecule has 0 unspecified atom stereocenters. The van der Waals surface area contributed by atoms with Crippen LogP contribution < -0.4 is 10.1 Å². The number of benzene rings is 1. The first-order valence-electron chi connectivity index (χ1n) is 8.45. The van der Waals surface area contributed by atoms with E-state index in [-0.39, 0.29) is 5.91 Å². The van der Waals surface area contributed by atoms with Crippen molar-refractivity contribution in [3.63, 3.8) is 0 Å². The first-order chi connectivity index (χ1) is 11.9. The Bertz CT molecular complexity index is 716. The Morgan fingerprint density at radius 2 is 2.08 bits per heavy atom. The lowest BCUT2D eigenvalue weighted by molar-refractivity contribution is -0.122. The molecular weight excluding hydrogens is 354 g/mol. The second kappa shape index (κ2) is 9.20. The lowest BCUT2D eigenvalue weighted by Gasteiger charge is -2.18. The number of hydrogen-bond donors (Lipinski definition) is 1. The van der Waals surface area contributed by atoms with Crippen LogP contribution in [-0.2, 0) is 4.79 Å². The number of aryl methyl sites for hydroxylation is 1. The van der Waals surface area contributed by atoms with Gasteiger partial charge in [0.05, 0.1) is 0 Å². The number of carbonyl (C=O) groups excluding carboxylic acids is 1. The molecule has 7 heteroatoms. The molecule has 0 saturated heterocycles. The van der Waals surface area contributed by atoms with Crippen LogP contribution in [-0.4, -0.2) is 28.0 Å². The molecule has 0 aliphatic heterocycles. The number of nitrogens with one attached hydrogen (secondary N) is 1. The van der Waals surface area contributed by atoms with Gasteiger partial charge >= 0.3 is 0 Å². The number of hydrogen-bond acceptors (Lipinski definition) is 6. The van der Waals surface area contributed by atoms with Gasteiger partial charge in [0.25, 0.3) is 5.91 Å². The molecule has 1 atom stereocenters. The highest BCUT2D eigenvalue weighted by Gasteiger charge is 2.19. The van der Waals surface area contributed by atoms with Gasteiger partial charge in [-0.05, 0) is 43.4 Å². The van der Waals surface area contributed by atoms with Gasteiger partial charge in [-0.15, -0.1) is 10.2 Å². The van der Waals surface area contributed by atoms with Crippen molar-refractivity contribution >= 4 is 34.1 Å². The highest BCUT2D eigenvalue weighted by Crippen LogP contribution is 2.29.